The highest BCUT2D eigenvalue weighted by molar-refractivity contribution is 7.84. The zero-order chi connectivity index (χ0) is 16.1. The Morgan fingerprint density at radius 1 is 1.45 bits per heavy atom. The van der Waals surface area contributed by atoms with E-state index in [0.717, 1.165) is 30.3 Å². The number of hydrogen-bond acceptors (Lipinski definition) is 4. The third kappa shape index (κ3) is 5.32. The molecular weight excluding hydrogens is 320 g/mol. The van der Waals surface area contributed by atoms with E-state index in [1.54, 1.807) is 6.26 Å². The highest BCUT2D eigenvalue weighted by Crippen LogP contribution is 2.24. The van der Waals surface area contributed by atoms with Crippen molar-refractivity contribution in [2.75, 3.05) is 38.8 Å². The molecule has 0 saturated carbocycles. The molecule has 0 bridgehead atoms. The van der Waals surface area contributed by atoms with Crippen LogP contribution in [0, 0.1) is 0 Å². The van der Waals surface area contributed by atoms with Gasteiger partial charge in [-0.2, -0.15) is 0 Å². The van der Waals surface area contributed by atoms with Crippen molar-refractivity contribution in [3.8, 4) is 0 Å². The standard InChI is InChI=1S/C16H25ClN2O2S/c1-12(11-22(3)20)18-16(13-4-6-14(17)7-5-13)15-10-19(2)8-9-21-15/h4-7,12,15-16,18H,8-11H2,1-3H3/t12-,15-,16+,22+/m1/s1. The number of hydrogen-bond donors (Lipinski definition) is 1. The molecule has 1 saturated heterocycles. The first-order valence-electron chi connectivity index (χ1n) is 7.57. The van der Waals surface area contributed by atoms with Crippen molar-refractivity contribution in [1.82, 2.24) is 10.2 Å². The minimum absolute atomic E-state index is 0.0681. The third-order valence-corrected chi connectivity index (χ3v) is 5.07. The maximum Gasteiger partial charge on any atom is 0.0896 e. The maximum atomic E-state index is 11.5. The predicted molar refractivity (Wildman–Crippen MR) is 93.0 cm³/mol. The van der Waals surface area contributed by atoms with Crippen LogP contribution in [0.25, 0.3) is 0 Å². The number of halogens is 1. The topological polar surface area (TPSA) is 41.6 Å². The van der Waals surface area contributed by atoms with Gasteiger partial charge in [0, 0.05) is 47.0 Å². The minimum atomic E-state index is -0.819. The van der Waals surface area contributed by atoms with Crippen LogP contribution in [0.3, 0.4) is 0 Å². The summed E-state index contributed by atoms with van der Waals surface area (Å²) in [5, 5.41) is 4.32. The third-order valence-electron chi connectivity index (χ3n) is 3.85. The first-order chi connectivity index (χ1) is 10.5. The molecule has 1 heterocycles. The number of ether oxygens (including phenoxy) is 1. The van der Waals surface area contributed by atoms with Crippen LogP contribution in [0.15, 0.2) is 24.3 Å². The molecule has 22 heavy (non-hydrogen) atoms. The lowest BCUT2D eigenvalue weighted by Gasteiger charge is -2.37. The highest BCUT2D eigenvalue weighted by atomic mass is 35.5. The second kappa shape index (κ2) is 8.41. The van der Waals surface area contributed by atoms with E-state index < -0.39 is 10.8 Å². The van der Waals surface area contributed by atoms with Gasteiger partial charge in [0.05, 0.1) is 18.8 Å². The van der Waals surface area contributed by atoms with Gasteiger partial charge in [-0.15, -0.1) is 0 Å². The molecule has 4 atom stereocenters. The van der Waals surface area contributed by atoms with Gasteiger partial charge >= 0.3 is 0 Å². The Balaban J connectivity index is 2.15. The second-order valence-electron chi connectivity index (χ2n) is 6.01. The van der Waals surface area contributed by atoms with Crippen LogP contribution in [0.1, 0.15) is 18.5 Å². The summed E-state index contributed by atoms with van der Waals surface area (Å²) < 4.78 is 17.4. The number of nitrogens with zero attached hydrogens (tertiary/aromatic N) is 1. The molecule has 0 spiro atoms. The van der Waals surface area contributed by atoms with E-state index in [1.165, 1.54) is 0 Å². The Kier molecular flexibility index (Phi) is 6.84. The molecule has 0 amide bonds. The summed E-state index contributed by atoms with van der Waals surface area (Å²) in [7, 11) is 1.29. The zero-order valence-corrected chi connectivity index (χ0v) is 15.0. The average Bonchev–Trinajstić information content (AvgIpc) is 2.45. The van der Waals surface area contributed by atoms with Gasteiger partial charge in [0.1, 0.15) is 0 Å². The first kappa shape index (κ1) is 17.9. The van der Waals surface area contributed by atoms with Crippen molar-refractivity contribution in [2.24, 2.45) is 0 Å². The van der Waals surface area contributed by atoms with Gasteiger partial charge in [-0.3, -0.25) is 4.21 Å². The molecule has 1 fully saturated rings. The van der Waals surface area contributed by atoms with Gasteiger partial charge in [-0.1, -0.05) is 23.7 Å². The van der Waals surface area contributed by atoms with E-state index >= 15 is 0 Å². The van der Waals surface area contributed by atoms with Gasteiger partial charge in [-0.05, 0) is 31.7 Å². The van der Waals surface area contributed by atoms with Crippen LogP contribution in [0.2, 0.25) is 5.02 Å². The Hall–Kier alpha value is -0.460. The van der Waals surface area contributed by atoms with Crippen LogP contribution in [0.5, 0.6) is 0 Å². The molecule has 1 aliphatic heterocycles. The molecule has 4 nitrogen and oxygen atoms in total. The monoisotopic (exact) mass is 344 g/mol. The summed E-state index contributed by atoms with van der Waals surface area (Å²) in [5.41, 5.74) is 1.15. The summed E-state index contributed by atoms with van der Waals surface area (Å²) in [4.78, 5) is 2.28. The normalized spacial score (nSPS) is 23.9. The molecule has 1 aromatic carbocycles. The largest absolute Gasteiger partial charge is 0.374 e. The summed E-state index contributed by atoms with van der Waals surface area (Å²) in [6.45, 7) is 4.64. The minimum Gasteiger partial charge on any atom is -0.374 e. The molecule has 6 heteroatoms. The highest BCUT2D eigenvalue weighted by Gasteiger charge is 2.29. The maximum absolute atomic E-state index is 11.5. The van der Waals surface area contributed by atoms with Gasteiger partial charge in [-0.25, -0.2) is 0 Å². The van der Waals surface area contributed by atoms with E-state index in [1.807, 2.05) is 24.3 Å². The fraction of sp³-hybridized carbons (Fsp3) is 0.625. The molecule has 0 aliphatic carbocycles. The Morgan fingerprint density at radius 3 is 2.73 bits per heavy atom. The number of likely N-dealkylation sites (N-methyl/N-ethyl adjacent to an activating group) is 1. The van der Waals surface area contributed by atoms with Crippen LogP contribution in [-0.2, 0) is 15.5 Å². The zero-order valence-electron chi connectivity index (χ0n) is 13.4. The molecule has 1 aromatic rings. The molecule has 0 aromatic heterocycles. The quantitative estimate of drug-likeness (QED) is 0.857. The summed E-state index contributed by atoms with van der Waals surface area (Å²) in [5.74, 6) is 0.632. The van der Waals surface area contributed by atoms with E-state index in [4.69, 9.17) is 16.3 Å². The number of morpholine rings is 1. The van der Waals surface area contributed by atoms with Crippen molar-refractivity contribution >= 4 is 22.4 Å². The fourth-order valence-corrected chi connectivity index (χ4v) is 3.73. The molecule has 1 N–H and O–H groups in total. The van der Waals surface area contributed by atoms with Crippen molar-refractivity contribution < 1.29 is 8.95 Å². The Morgan fingerprint density at radius 2 is 2.14 bits per heavy atom. The summed E-state index contributed by atoms with van der Waals surface area (Å²) >= 11 is 6.00. The lowest BCUT2D eigenvalue weighted by molar-refractivity contribution is -0.0405. The number of rotatable bonds is 6. The SMILES string of the molecule is C[C@H](C[S@](C)=O)N[C@@H](c1ccc(Cl)cc1)[C@H]1CN(C)CCO1. The molecule has 0 radical (unpaired) electrons. The van der Waals surface area contributed by atoms with Crippen molar-refractivity contribution in [2.45, 2.75) is 25.1 Å². The second-order valence-corrected chi connectivity index (χ2v) is 7.92. The van der Waals surface area contributed by atoms with Gasteiger partial charge in [0.2, 0.25) is 0 Å². The van der Waals surface area contributed by atoms with E-state index in [0.29, 0.717) is 5.75 Å². The number of nitrogens with one attached hydrogen (secondary N) is 1. The van der Waals surface area contributed by atoms with Crippen LogP contribution in [-0.4, -0.2) is 60.0 Å². The first-order valence-corrected chi connectivity index (χ1v) is 9.68. The Labute approximate surface area is 140 Å². The van der Waals surface area contributed by atoms with Crippen LogP contribution in [0.4, 0.5) is 0 Å². The lowest BCUT2D eigenvalue weighted by Crippen LogP contribution is -2.49. The summed E-state index contributed by atoms with van der Waals surface area (Å²) in [6.07, 6.45) is 1.81. The Bertz CT molecular complexity index is 497. The molecule has 124 valence electrons. The van der Waals surface area contributed by atoms with Crippen molar-refractivity contribution in [3.63, 3.8) is 0 Å². The summed E-state index contributed by atoms with van der Waals surface area (Å²) in [6, 6.07) is 8.10. The predicted octanol–water partition coefficient (Wildman–Crippen LogP) is 2.07. The smallest absolute Gasteiger partial charge is 0.0896 e. The van der Waals surface area contributed by atoms with Gasteiger partial charge in [0.25, 0.3) is 0 Å². The average molecular weight is 345 g/mol. The molecular formula is C16H25ClN2O2S. The van der Waals surface area contributed by atoms with Crippen molar-refractivity contribution in [1.29, 1.82) is 0 Å². The molecule has 1 aliphatic rings. The van der Waals surface area contributed by atoms with E-state index in [9.17, 15) is 4.21 Å². The molecule has 2 rings (SSSR count). The van der Waals surface area contributed by atoms with Crippen LogP contribution < -0.4 is 5.32 Å². The van der Waals surface area contributed by atoms with Gasteiger partial charge in [0.15, 0.2) is 0 Å². The van der Waals surface area contributed by atoms with Crippen LogP contribution >= 0.6 is 11.6 Å². The van der Waals surface area contributed by atoms with E-state index in [-0.39, 0.29) is 18.2 Å². The van der Waals surface area contributed by atoms with Crippen molar-refractivity contribution in [3.05, 3.63) is 34.9 Å². The number of benzene rings is 1. The lowest BCUT2D eigenvalue weighted by atomic mass is 9.99. The molecule has 0 unspecified atom stereocenters. The van der Waals surface area contributed by atoms with Gasteiger partial charge < -0.3 is 15.0 Å². The fourth-order valence-electron chi connectivity index (χ4n) is 2.81. The van der Waals surface area contributed by atoms with E-state index in [2.05, 4.69) is 24.2 Å².